The molecule has 0 aliphatic carbocycles. The molecule has 1 aliphatic heterocycles. The number of β-amino-alcohol motifs (C(OH)–C–C–N with tert-alkyl or cyclic N) is 1. The second-order valence-electron chi connectivity index (χ2n) is 5.72. The Morgan fingerprint density at radius 3 is 2.85 bits per heavy atom. The van der Waals surface area contributed by atoms with Gasteiger partial charge < -0.3 is 15.1 Å². The van der Waals surface area contributed by atoms with E-state index < -0.39 is 11.5 Å². The highest BCUT2D eigenvalue weighted by Gasteiger charge is 2.42. The number of carbonyl (C=O) groups excluding carboxylic acids is 1. The molecule has 5 heteroatoms. The van der Waals surface area contributed by atoms with Crippen LogP contribution in [0.3, 0.4) is 0 Å². The average molecular weight is 297 g/mol. The molecule has 2 atom stereocenters. The number of rotatable bonds is 4. The number of aryl methyl sites for hydroxylation is 1. The minimum Gasteiger partial charge on any atom is -0.396 e. The van der Waals surface area contributed by atoms with Gasteiger partial charge >= 0.3 is 0 Å². The van der Waals surface area contributed by atoms with Gasteiger partial charge in [0.25, 0.3) is 5.91 Å². The van der Waals surface area contributed by atoms with E-state index in [1.54, 1.807) is 4.90 Å². The molecule has 1 saturated heterocycles. The van der Waals surface area contributed by atoms with Gasteiger partial charge in [0.2, 0.25) is 0 Å². The molecule has 0 aromatic carbocycles. The molecule has 1 amide bonds. The molecule has 0 bridgehead atoms. The largest absolute Gasteiger partial charge is 0.396 e. The summed E-state index contributed by atoms with van der Waals surface area (Å²) < 4.78 is 0. The average Bonchev–Trinajstić information content (AvgIpc) is 2.86. The summed E-state index contributed by atoms with van der Waals surface area (Å²) in [6.45, 7) is 4.89. The molecular weight excluding hydrogens is 274 g/mol. The molecule has 0 unspecified atom stereocenters. The first-order valence-corrected chi connectivity index (χ1v) is 8.04. The van der Waals surface area contributed by atoms with Gasteiger partial charge in [-0.1, -0.05) is 13.3 Å². The van der Waals surface area contributed by atoms with E-state index in [9.17, 15) is 15.0 Å². The first-order valence-electron chi connectivity index (χ1n) is 7.16. The molecule has 1 aromatic rings. The van der Waals surface area contributed by atoms with Crippen molar-refractivity contribution in [2.24, 2.45) is 5.41 Å². The molecule has 2 heterocycles. The normalized spacial score (nSPS) is 26.8. The lowest BCUT2D eigenvalue weighted by Gasteiger charge is -2.44. The number of carbonyl (C=O) groups is 1. The van der Waals surface area contributed by atoms with Crippen LogP contribution in [0, 0.1) is 12.3 Å². The predicted octanol–water partition coefficient (Wildman–Crippen LogP) is 2.04. The van der Waals surface area contributed by atoms with Crippen LogP contribution in [0.5, 0.6) is 0 Å². The highest BCUT2D eigenvalue weighted by molar-refractivity contribution is 7.12. The summed E-state index contributed by atoms with van der Waals surface area (Å²) in [4.78, 5) is 14.9. The molecule has 0 spiro atoms. The van der Waals surface area contributed by atoms with Crippen LogP contribution in [-0.2, 0) is 0 Å². The van der Waals surface area contributed by atoms with Crippen molar-refractivity contribution in [3.8, 4) is 0 Å². The van der Waals surface area contributed by atoms with E-state index in [0.717, 1.165) is 23.3 Å². The molecule has 2 N–H and O–H groups in total. The van der Waals surface area contributed by atoms with Crippen molar-refractivity contribution in [3.63, 3.8) is 0 Å². The molecule has 0 saturated carbocycles. The van der Waals surface area contributed by atoms with Crippen LogP contribution in [-0.4, -0.2) is 46.8 Å². The molecule has 1 aliphatic rings. The van der Waals surface area contributed by atoms with Crippen molar-refractivity contribution >= 4 is 17.2 Å². The van der Waals surface area contributed by atoms with E-state index >= 15 is 0 Å². The highest BCUT2D eigenvalue weighted by atomic mass is 32.1. The van der Waals surface area contributed by atoms with Gasteiger partial charge in [0.15, 0.2) is 0 Å². The monoisotopic (exact) mass is 297 g/mol. The molecule has 112 valence electrons. The number of hydrogen-bond donors (Lipinski definition) is 2. The summed E-state index contributed by atoms with van der Waals surface area (Å²) in [5.74, 6) is -0.000381. The Bertz CT molecular complexity index is 473. The molecular formula is C15H23NO3S. The van der Waals surface area contributed by atoms with Crippen molar-refractivity contribution in [1.29, 1.82) is 0 Å². The number of hydrogen-bond acceptors (Lipinski definition) is 4. The van der Waals surface area contributed by atoms with Crippen molar-refractivity contribution in [2.75, 3.05) is 19.7 Å². The van der Waals surface area contributed by atoms with Crippen molar-refractivity contribution in [1.82, 2.24) is 4.90 Å². The Morgan fingerprint density at radius 2 is 2.35 bits per heavy atom. The molecule has 1 fully saturated rings. The molecule has 0 radical (unpaired) electrons. The maximum atomic E-state index is 12.4. The number of piperidine rings is 1. The summed E-state index contributed by atoms with van der Waals surface area (Å²) in [5.41, 5.74) is 0.554. The Morgan fingerprint density at radius 1 is 1.60 bits per heavy atom. The van der Waals surface area contributed by atoms with Gasteiger partial charge in [-0.3, -0.25) is 4.79 Å². The maximum absolute atomic E-state index is 12.4. The summed E-state index contributed by atoms with van der Waals surface area (Å²) in [6, 6.07) is 1.94. The summed E-state index contributed by atoms with van der Waals surface area (Å²) in [6.07, 6.45) is 1.74. The number of aliphatic hydroxyl groups excluding tert-OH is 2. The molecule has 1 aromatic heterocycles. The van der Waals surface area contributed by atoms with E-state index in [1.165, 1.54) is 11.3 Å². The van der Waals surface area contributed by atoms with Crippen LogP contribution >= 0.6 is 11.3 Å². The Hall–Kier alpha value is -0.910. The fourth-order valence-corrected chi connectivity index (χ4v) is 3.88. The second kappa shape index (κ2) is 6.24. The zero-order valence-electron chi connectivity index (χ0n) is 12.1. The molecule has 2 rings (SSSR count). The van der Waals surface area contributed by atoms with Crippen LogP contribution in [0.15, 0.2) is 11.4 Å². The highest BCUT2D eigenvalue weighted by Crippen LogP contribution is 2.36. The van der Waals surface area contributed by atoms with Crippen LogP contribution in [0.2, 0.25) is 0 Å². The fraction of sp³-hybridized carbons (Fsp3) is 0.667. The van der Waals surface area contributed by atoms with Crippen molar-refractivity contribution in [3.05, 3.63) is 21.9 Å². The van der Waals surface area contributed by atoms with Gasteiger partial charge in [-0.15, -0.1) is 11.3 Å². The smallest absolute Gasteiger partial charge is 0.264 e. The second-order valence-corrected chi connectivity index (χ2v) is 6.64. The standard InChI is InChI=1S/C15H23NO3S/c1-3-5-15(10-17)6-7-16(9-12(15)18)14(19)13-11(2)4-8-20-13/h4,8,12,17-18H,3,5-7,9-10H2,1-2H3/t12-,15-/m1/s1. The van der Waals surface area contributed by atoms with E-state index in [1.807, 2.05) is 18.4 Å². The number of nitrogens with zero attached hydrogens (tertiary/aromatic N) is 1. The molecule has 20 heavy (non-hydrogen) atoms. The van der Waals surface area contributed by atoms with Crippen molar-refractivity contribution < 1.29 is 15.0 Å². The van der Waals surface area contributed by atoms with Crippen LogP contribution in [0.1, 0.15) is 41.4 Å². The van der Waals surface area contributed by atoms with Crippen LogP contribution < -0.4 is 0 Å². The Kier molecular flexibility index (Phi) is 4.83. The summed E-state index contributed by atoms with van der Waals surface area (Å²) in [5, 5.41) is 21.9. The van der Waals surface area contributed by atoms with Crippen LogP contribution in [0.4, 0.5) is 0 Å². The quantitative estimate of drug-likeness (QED) is 0.894. The lowest BCUT2D eigenvalue weighted by atomic mass is 9.73. The SMILES string of the molecule is CCC[C@]1(CO)CCN(C(=O)c2sccc2C)C[C@H]1O. The van der Waals surface area contributed by atoms with Gasteiger partial charge in [-0.2, -0.15) is 0 Å². The summed E-state index contributed by atoms with van der Waals surface area (Å²) >= 11 is 1.45. The first-order chi connectivity index (χ1) is 9.54. The van der Waals surface area contributed by atoms with E-state index in [4.69, 9.17) is 0 Å². The minimum atomic E-state index is -0.648. The fourth-order valence-electron chi connectivity index (χ4n) is 2.99. The number of likely N-dealkylation sites (tertiary alicyclic amines) is 1. The lowest BCUT2D eigenvalue weighted by molar-refractivity contribution is -0.0712. The summed E-state index contributed by atoms with van der Waals surface area (Å²) in [7, 11) is 0. The topological polar surface area (TPSA) is 60.8 Å². The van der Waals surface area contributed by atoms with Gasteiger partial charge in [0.1, 0.15) is 0 Å². The van der Waals surface area contributed by atoms with E-state index in [-0.39, 0.29) is 12.5 Å². The predicted molar refractivity (Wildman–Crippen MR) is 80.0 cm³/mol. The van der Waals surface area contributed by atoms with Crippen LogP contribution in [0.25, 0.3) is 0 Å². The third-order valence-electron chi connectivity index (χ3n) is 4.39. The third-order valence-corrected chi connectivity index (χ3v) is 5.39. The first kappa shape index (κ1) is 15.5. The lowest BCUT2D eigenvalue weighted by Crippen LogP contribution is -2.54. The third kappa shape index (κ3) is 2.75. The van der Waals surface area contributed by atoms with Gasteiger partial charge in [-0.05, 0) is 36.8 Å². The number of thiophene rings is 1. The zero-order chi connectivity index (χ0) is 14.8. The number of aliphatic hydroxyl groups is 2. The zero-order valence-corrected chi connectivity index (χ0v) is 12.9. The maximum Gasteiger partial charge on any atom is 0.264 e. The van der Waals surface area contributed by atoms with Gasteiger partial charge in [0.05, 0.1) is 17.6 Å². The van der Waals surface area contributed by atoms with E-state index in [2.05, 4.69) is 6.92 Å². The van der Waals surface area contributed by atoms with Gasteiger partial charge in [0, 0.05) is 18.5 Å². The van der Waals surface area contributed by atoms with Gasteiger partial charge in [-0.25, -0.2) is 0 Å². The van der Waals surface area contributed by atoms with E-state index in [0.29, 0.717) is 19.5 Å². The van der Waals surface area contributed by atoms with Crippen molar-refractivity contribution in [2.45, 2.75) is 39.2 Å². The Balaban J connectivity index is 2.09. The molecule has 4 nitrogen and oxygen atoms in total. The minimum absolute atomic E-state index is 0.000381. The number of amides is 1. The Labute approximate surface area is 124 Å².